The average molecular weight is 315 g/mol. The first-order valence-corrected chi connectivity index (χ1v) is 6.77. The van der Waals surface area contributed by atoms with Gasteiger partial charge in [0.1, 0.15) is 17.2 Å². The number of ether oxygens (including phenoxy) is 2. The number of methoxy groups -OCH3 is 2. The standard InChI is InChI=1S/C16H17N3O4/c1-22-12-8-11(9-13(10-12)23-2)5-6-15(20)18-19-16(21)14-4-3-7-17-14/h3-10,17H,1-2H3,(H,18,20)(H,19,21)/b6-5+. The zero-order valence-electron chi connectivity index (χ0n) is 12.8. The lowest BCUT2D eigenvalue weighted by Crippen LogP contribution is -2.40. The Bertz CT molecular complexity index is 686. The Balaban J connectivity index is 1.94. The fourth-order valence-electron chi connectivity index (χ4n) is 1.80. The molecule has 23 heavy (non-hydrogen) atoms. The van der Waals surface area contributed by atoms with Gasteiger partial charge in [-0.15, -0.1) is 0 Å². The predicted octanol–water partition coefficient (Wildman–Crippen LogP) is 1.51. The highest BCUT2D eigenvalue weighted by Gasteiger charge is 2.06. The molecule has 0 spiro atoms. The van der Waals surface area contributed by atoms with Crippen LogP contribution in [0.2, 0.25) is 0 Å². The third kappa shape index (κ3) is 4.63. The van der Waals surface area contributed by atoms with E-state index in [0.29, 0.717) is 17.2 Å². The summed E-state index contributed by atoms with van der Waals surface area (Å²) in [6, 6.07) is 8.52. The molecule has 0 atom stereocenters. The number of aromatic nitrogens is 1. The maximum absolute atomic E-state index is 11.7. The molecule has 0 radical (unpaired) electrons. The van der Waals surface area contributed by atoms with Crippen LogP contribution in [0.1, 0.15) is 16.1 Å². The molecule has 0 unspecified atom stereocenters. The summed E-state index contributed by atoms with van der Waals surface area (Å²) >= 11 is 0. The van der Waals surface area contributed by atoms with Crippen LogP contribution in [0, 0.1) is 0 Å². The van der Waals surface area contributed by atoms with Gasteiger partial charge in [-0.1, -0.05) is 0 Å². The molecular formula is C16H17N3O4. The van der Waals surface area contributed by atoms with Gasteiger partial charge in [0.25, 0.3) is 11.8 Å². The summed E-state index contributed by atoms with van der Waals surface area (Å²) < 4.78 is 10.3. The lowest BCUT2D eigenvalue weighted by molar-refractivity contribution is -0.117. The number of hydrazine groups is 1. The Hall–Kier alpha value is -3.22. The molecule has 2 aromatic rings. The molecule has 3 N–H and O–H groups in total. The van der Waals surface area contributed by atoms with Crippen LogP contribution in [-0.2, 0) is 4.79 Å². The van der Waals surface area contributed by atoms with E-state index in [1.807, 2.05) is 0 Å². The Labute approximate surface area is 133 Å². The van der Waals surface area contributed by atoms with Gasteiger partial charge < -0.3 is 14.5 Å². The Kier molecular flexibility index (Phi) is 5.40. The van der Waals surface area contributed by atoms with Crippen LogP contribution in [0.3, 0.4) is 0 Å². The van der Waals surface area contributed by atoms with Crippen LogP contribution in [0.5, 0.6) is 11.5 Å². The minimum atomic E-state index is -0.466. The highest BCUT2D eigenvalue weighted by atomic mass is 16.5. The van der Waals surface area contributed by atoms with Crippen molar-refractivity contribution in [3.8, 4) is 11.5 Å². The smallest absolute Gasteiger partial charge is 0.286 e. The maximum Gasteiger partial charge on any atom is 0.286 e. The lowest BCUT2D eigenvalue weighted by atomic mass is 10.2. The largest absolute Gasteiger partial charge is 0.497 e. The fraction of sp³-hybridized carbons (Fsp3) is 0.125. The van der Waals surface area contributed by atoms with Gasteiger partial charge in [0.05, 0.1) is 14.2 Å². The van der Waals surface area contributed by atoms with Gasteiger partial charge in [0.2, 0.25) is 0 Å². The van der Waals surface area contributed by atoms with Crippen LogP contribution < -0.4 is 20.3 Å². The monoisotopic (exact) mass is 315 g/mol. The first-order chi connectivity index (χ1) is 11.1. The molecule has 0 fully saturated rings. The summed E-state index contributed by atoms with van der Waals surface area (Å²) in [7, 11) is 3.09. The van der Waals surface area contributed by atoms with Crippen LogP contribution in [-0.4, -0.2) is 31.0 Å². The van der Waals surface area contributed by atoms with Crippen molar-refractivity contribution in [2.45, 2.75) is 0 Å². The zero-order chi connectivity index (χ0) is 16.7. The highest BCUT2D eigenvalue weighted by molar-refractivity contribution is 5.96. The lowest BCUT2D eigenvalue weighted by Gasteiger charge is -2.06. The molecule has 120 valence electrons. The van der Waals surface area contributed by atoms with E-state index in [-0.39, 0.29) is 0 Å². The topological polar surface area (TPSA) is 92.5 Å². The number of aromatic amines is 1. The number of carbonyl (C=O) groups excluding carboxylic acids is 2. The maximum atomic E-state index is 11.7. The number of benzene rings is 1. The van der Waals surface area contributed by atoms with E-state index in [2.05, 4.69) is 15.8 Å². The van der Waals surface area contributed by atoms with E-state index in [4.69, 9.17) is 9.47 Å². The van der Waals surface area contributed by atoms with Gasteiger partial charge in [0.15, 0.2) is 0 Å². The first-order valence-electron chi connectivity index (χ1n) is 6.77. The van der Waals surface area contributed by atoms with Gasteiger partial charge in [-0.2, -0.15) is 0 Å². The van der Waals surface area contributed by atoms with E-state index in [9.17, 15) is 9.59 Å². The molecule has 0 aliphatic rings. The fourth-order valence-corrected chi connectivity index (χ4v) is 1.80. The number of amides is 2. The molecule has 0 saturated carbocycles. The number of hydrogen-bond acceptors (Lipinski definition) is 4. The van der Waals surface area contributed by atoms with Crippen molar-refractivity contribution in [3.05, 3.63) is 53.9 Å². The van der Waals surface area contributed by atoms with Crippen molar-refractivity contribution < 1.29 is 19.1 Å². The highest BCUT2D eigenvalue weighted by Crippen LogP contribution is 2.23. The van der Waals surface area contributed by atoms with E-state index >= 15 is 0 Å². The molecule has 1 aromatic carbocycles. The van der Waals surface area contributed by atoms with E-state index < -0.39 is 11.8 Å². The molecule has 7 heteroatoms. The molecule has 0 aliphatic heterocycles. The van der Waals surface area contributed by atoms with Crippen molar-refractivity contribution in [1.82, 2.24) is 15.8 Å². The van der Waals surface area contributed by atoms with Crippen LogP contribution in [0.4, 0.5) is 0 Å². The number of H-pyrrole nitrogens is 1. The van der Waals surface area contributed by atoms with Crippen LogP contribution >= 0.6 is 0 Å². The minimum absolute atomic E-state index is 0.354. The number of carbonyl (C=O) groups is 2. The molecule has 1 aromatic heterocycles. The van der Waals surface area contributed by atoms with Crippen molar-refractivity contribution >= 4 is 17.9 Å². The second-order valence-corrected chi connectivity index (χ2v) is 4.51. The van der Waals surface area contributed by atoms with Crippen molar-refractivity contribution in [1.29, 1.82) is 0 Å². The second-order valence-electron chi connectivity index (χ2n) is 4.51. The number of rotatable bonds is 5. The van der Waals surface area contributed by atoms with Crippen LogP contribution in [0.15, 0.2) is 42.6 Å². The average Bonchev–Trinajstić information content (AvgIpc) is 3.12. The summed E-state index contributed by atoms with van der Waals surface area (Å²) in [5.74, 6) is 0.334. The third-order valence-corrected chi connectivity index (χ3v) is 2.94. The first kappa shape index (κ1) is 16.2. The molecule has 2 rings (SSSR count). The van der Waals surface area contributed by atoms with Crippen molar-refractivity contribution in [3.63, 3.8) is 0 Å². The summed E-state index contributed by atoms with van der Waals surface area (Å²) in [5.41, 5.74) is 5.67. The molecule has 0 bridgehead atoms. The molecular weight excluding hydrogens is 298 g/mol. The third-order valence-electron chi connectivity index (χ3n) is 2.94. The molecule has 0 saturated heterocycles. The Morgan fingerprint density at radius 2 is 1.78 bits per heavy atom. The van der Waals surface area contributed by atoms with Crippen molar-refractivity contribution in [2.75, 3.05) is 14.2 Å². The zero-order valence-corrected chi connectivity index (χ0v) is 12.8. The molecule has 0 aliphatic carbocycles. The molecule has 7 nitrogen and oxygen atoms in total. The summed E-state index contributed by atoms with van der Waals surface area (Å²) in [4.78, 5) is 26.1. The van der Waals surface area contributed by atoms with Gasteiger partial charge in [-0.25, -0.2) is 0 Å². The SMILES string of the molecule is COc1cc(/C=C/C(=O)NNC(=O)c2ccc[nH]2)cc(OC)c1. The van der Waals surface area contributed by atoms with Gasteiger partial charge in [-0.3, -0.25) is 20.4 Å². The van der Waals surface area contributed by atoms with Crippen LogP contribution in [0.25, 0.3) is 6.08 Å². The van der Waals surface area contributed by atoms with Gasteiger partial charge >= 0.3 is 0 Å². The van der Waals surface area contributed by atoms with E-state index in [1.54, 1.807) is 56.8 Å². The van der Waals surface area contributed by atoms with Gasteiger partial charge in [0, 0.05) is 18.3 Å². The van der Waals surface area contributed by atoms with E-state index in [0.717, 1.165) is 5.56 Å². The predicted molar refractivity (Wildman–Crippen MR) is 85.0 cm³/mol. The summed E-state index contributed by atoms with van der Waals surface area (Å²) in [6.45, 7) is 0. The Morgan fingerprint density at radius 1 is 1.09 bits per heavy atom. The minimum Gasteiger partial charge on any atom is -0.497 e. The molecule has 2 amide bonds. The normalized spacial score (nSPS) is 10.3. The van der Waals surface area contributed by atoms with E-state index in [1.165, 1.54) is 6.08 Å². The molecule has 1 heterocycles. The summed E-state index contributed by atoms with van der Waals surface area (Å²) in [6.07, 6.45) is 4.50. The quantitative estimate of drug-likeness (QED) is 0.576. The number of nitrogens with one attached hydrogen (secondary N) is 3. The number of hydrogen-bond donors (Lipinski definition) is 3. The second kappa shape index (κ2) is 7.69. The van der Waals surface area contributed by atoms with Gasteiger partial charge in [-0.05, 0) is 35.9 Å². The Morgan fingerprint density at radius 3 is 2.35 bits per heavy atom. The van der Waals surface area contributed by atoms with Crippen molar-refractivity contribution in [2.24, 2.45) is 0 Å². The summed E-state index contributed by atoms with van der Waals surface area (Å²) in [5, 5.41) is 0.